The van der Waals surface area contributed by atoms with Crippen LogP contribution in [-0.2, 0) is 4.74 Å². The normalized spacial score (nSPS) is 19.8. The maximum atomic E-state index is 13.1. The van der Waals surface area contributed by atoms with Gasteiger partial charge in [0.1, 0.15) is 11.6 Å². The van der Waals surface area contributed by atoms with E-state index in [4.69, 9.17) is 4.74 Å². The third-order valence-electron chi connectivity index (χ3n) is 3.40. The number of halogens is 1. The Balaban J connectivity index is 1.96. The Morgan fingerprint density at radius 1 is 1.58 bits per heavy atom. The largest absolute Gasteiger partial charge is 0.507 e. The maximum absolute atomic E-state index is 13.1. The number of phenolic OH excluding ortho intramolecular Hbond substituents is 1. The lowest BCUT2D eigenvalue weighted by molar-refractivity contribution is 0.0934. The van der Waals surface area contributed by atoms with Crippen LogP contribution in [0.1, 0.15) is 16.8 Å². The van der Waals surface area contributed by atoms with Crippen molar-refractivity contribution in [1.29, 1.82) is 0 Å². The van der Waals surface area contributed by atoms with E-state index < -0.39 is 5.82 Å². The molecule has 0 aromatic heterocycles. The Morgan fingerprint density at radius 3 is 3.11 bits per heavy atom. The van der Waals surface area contributed by atoms with E-state index in [9.17, 15) is 14.3 Å². The second-order valence-corrected chi connectivity index (χ2v) is 4.93. The molecular formula is C14H18FNO3. The Morgan fingerprint density at radius 2 is 2.37 bits per heavy atom. The molecule has 19 heavy (non-hydrogen) atoms. The number of methoxy groups -OCH3 is 1. The number of ketones is 1. The van der Waals surface area contributed by atoms with Crippen LogP contribution < -0.4 is 0 Å². The van der Waals surface area contributed by atoms with E-state index in [0.29, 0.717) is 12.5 Å². The first-order chi connectivity index (χ1) is 9.10. The fourth-order valence-corrected chi connectivity index (χ4v) is 2.45. The van der Waals surface area contributed by atoms with Crippen molar-refractivity contribution < 1.29 is 19.0 Å². The number of phenols is 1. The van der Waals surface area contributed by atoms with Crippen molar-refractivity contribution in [2.24, 2.45) is 5.92 Å². The molecule has 0 spiro atoms. The minimum absolute atomic E-state index is 0.0511. The molecule has 5 heteroatoms. The molecule has 1 aliphatic heterocycles. The molecule has 1 aromatic carbocycles. The number of aromatic hydroxyl groups is 1. The number of carbonyl (C=O) groups is 1. The van der Waals surface area contributed by atoms with Crippen LogP contribution in [0.15, 0.2) is 18.2 Å². The van der Waals surface area contributed by atoms with E-state index >= 15 is 0 Å². The summed E-state index contributed by atoms with van der Waals surface area (Å²) in [5.41, 5.74) is 0.0511. The highest BCUT2D eigenvalue weighted by Crippen LogP contribution is 2.21. The molecule has 1 fully saturated rings. The molecule has 4 nitrogen and oxygen atoms in total. The summed E-state index contributed by atoms with van der Waals surface area (Å²) >= 11 is 0. The smallest absolute Gasteiger partial charge is 0.180 e. The fourth-order valence-electron chi connectivity index (χ4n) is 2.45. The Bertz CT molecular complexity index is 464. The zero-order valence-electron chi connectivity index (χ0n) is 10.9. The number of ether oxygens (including phenoxy) is 1. The Labute approximate surface area is 111 Å². The predicted molar refractivity (Wildman–Crippen MR) is 68.8 cm³/mol. The van der Waals surface area contributed by atoms with Crippen LogP contribution in [0.3, 0.4) is 0 Å². The summed E-state index contributed by atoms with van der Waals surface area (Å²) in [6.45, 7) is 2.53. The Kier molecular flexibility index (Phi) is 4.50. The van der Waals surface area contributed by atoms with Crippen molar-refractivity contribution in [3.05, 3.63) is 29.6 Å². The number of nitrogens with zero attached hydrogens (tertiary/aromatic N) is 1. The average molecular weight is 267 g/mol. The van der Waals surface area contributed by atoms with Crippen molar-refractivity contribution >= 4 is 5.78 Å². The van der Waals surface area contributed by atoms with E-state index in [-0.39, 0.29) is 23.6 Å². The lowest BCUT2D eigenvalue weighted by atomic mass is 10.1. The van der Waals surface area contributed by atoms with Crippen LogP contribution in [0, 0.1) is 11.7 Å². The van der Waals surface area contributed by atoms with Gasteiger partial charge in [-0.25, -0.2) is 4.39 Å². The van der Waals surface area contributed by atoms with Gasteiger partial charge in [0.2, 0.25) is 0 Å². The molecule has 1 atom stereocenters. The lowest BCUT2D eigenvalue weighted by Crippen LogP contribution is -2.28. The van der Waals surface area contributed by atoms with Gasteiger partial charge in [0.25, 0.3) is 0 Å². The molecule has 1 aliphatic rings. The number of Topliss-reactive ketones (excluding diaryl/α,β-unsaturated/α-hetero) is 1. The van der Waals surface area contributed by atoms with Gasteiger partial charge in [-0.2, -0.15) is 0 Å². The Hall–Kier alpha value is -1.46. The van der Waals surface area contributed by atoms with Gasteiger partial charge in [-0.05, 0) is 37.1 Å². The molecule has 0 bridgehead atoms. The quantitative estimate of drug-likeness (QED) is 0.825. The average Bonchev–Trinajstić information content (AvgIpc) is 2.80. The van der Waals surface area contributed by atoms with Crippen molar-refractivity contribution in [2.45, 2.75) is 6.42 Å². The zero-order valence-corrected chi connectivity index (χ0v) is 10.9. The number of carbonyl (C=O) groups excluding carboxylic acids is 1. The summed E-state index contributed by atoms with van der Waals surface area (Å²) in [6.07, 6.45) is 0.996. The van der Waals surface area contributed by atoms with Crippen LogP contribution >= 0.6 is 0 Å². The van der Waals surface area contributed by atoms with E-state index in [2.05, 4.69) is 0 Å². The second kappa shape index (κ2) is 6.12. The third-order valence-corrected chi connectivity index (χ3v) is 3.40. The van der Waals surface area contributed by atoms with Crippen LogP contribution in [-0.4, -0.2) is 49.1 Å². The fraction of sp³-hybridized carbons (Fsp3) is 0.500. The molecule has 0 radical (unpaired) electrons. The predicted octanol–water partition coefficient (Wildman–Crippen LogP) is 1.68. The molecule has 1 unspecified atom stereocenters. The van der Waals surface area contributed by atoms with Gasteiger partial charge in [0.15, 0.2) is 5.78 Å². The molecule has 104 valence electrons. The SMILES string of the molecule is COCC1CCN(CC(=O)c2cc(F)ccc2O)C1. The highest BCUT2D eigenvalue weighted by molar-refractivity contribution is 6.00. The van der Waals surface area contributed by atoms with Crippen molar-refractivity contribution in [3.63, 3.8) is 0 Å². The molecule has 1 saturated heterocycles. The van der Waals surface area contributed by atoms with E-state index in [1.165, 1.54) is 6.07 Å². The molecule has 1 N–H and O–H groups in total. The van der Waals surface area contributed by atoms with Gasteiger partial charge in [0, 0.05) is 13.7 Å². The van der Waals surface area contributed by atoms with Gasteiger partial charge in [-0.15, -0.1) is 0 Å². The van der Waals surface area contributed by atoms with Crippen LogP contribution in [0.25, 0.3) is 0 Å². The summed E-state index contributed by atoms with van der Waals surface area (Å²) in [7, 11) is 1.67. The van der Waals surface area contributed by atoms with Crippen molar-refractivity contribution in [1.82, 2.24) is 4.90 Å². The number of benzene rings is 1. The summed E-state index contributed by atoms with van der Waals surface area (Å²) in [5.74, 6) is -0.493. The zero-order chi connectivity index (χ0) is 13.8. The van der Waals surface area contributed by atoms with Gasteiger partial charge in [-0.1, -0.05) is 0 Å². The summed E-state index contributed by atoms with van der Waals surface area (Å²) in [6, 6.07) is 3.43. The topological polar surface area (TPSA) is 49.8 Å². The highest BCUT2D eigenvalue weighted by Gasteiger charge is 2.25. The molecule has 1 aromatic rings. The number of hydrogen-bond donors (Lipinski definition) is 1. The lowest BCUT2D eigenvalue weighted by Gasteiger charge is -2.15. The molecule has 0 saturated carbocycles. The molecule has 2 rings (SSSR count). The standard InChI is InChI=1S/C14H18FNO3/c1-19-9-10-4-5-16(7-10)8-14(18)12-6-11(15)2-3-13(12)17/h2-3,6,10,17H,4-5,7-9H2,1H3. The first kappa shape index (κ1) is 14.0. The monoisotopic (exact) mass is 267 g/mol. The highest BCUT2D eigenvalue weighted by atomic mass is 19.1. The molecule has 0 aliphatic carbocycles. The number of likely N-dealkylation sites (tertiary alicyclic amines) is 1. The second-order valence-electron chi connectivity index (χ2n) is 4.93. The van der Waals surface area contributed by atoms with Crippen LogP contribution in [0.5, 0.6) is 5.75 Å². The summed E-state index contributed by atoms with van der Waals surface area (Å²) in [4.78, 5) is 14.0. The molecule has 1 heterocycles. The van der Waals surface area contributed by atoms with Gasteiger partial charge >= 0.3 is 0 Å². The van der Waals surface area contributed by atoms with Gasteiger partial charge in [-0.3, -0.25) is 9.69 Å². The minimum Gasteiger partial charge on any atom is -0.507 e. The number of hydrogen-bond acceptors (Lipinski definition) is 4. The third kappa shape index (κ3) is 3.52. The van der Waals surface area contributed by atoms with E-state index in [0.717, 1.165) is 31.6 Å². The van der Waals surface area contributed by atoms with Gasteiger partial charge < -0.3 is 9.84 Å². The summed E-state index contributed by atoms with van der Waals surface area (Å²) in [5, 5.41) is 9.59. The van der Waals surface area contributed by atoms with Crippen LogP contribution in [0.2, 0.25) is 0 Å². The van der Waals surface area contributed by atoms with Gasteiger partial charge in [0.05, 0.1) is 18.7 Å². The first-order valence-corrected chi connectivity index (χ1v) is 6.33. The van der Waals surface area contributed by atoms with E-state index in [1.807, 2.05) is 4.90 Å². The first-order valence-electron chi connectivity index (χ1n) is 6.33. The van der Waals surface area contributed by atoms with Crippen molar-refractivity contribution in [2.75, 3.05) is 33.4 Å². The molecular weight excluding hydrogens is 249 g/mol. The molecule has 0 amide bonds. The summed E-state index contributed by atoms with van der Waals surface area (Å²) < 4.78 is 18.2. The van der Waals surface area contributed by atoms with Crippen molar-refractivity contribution in [3.8, 4) is 5.75 Å². The van der Waals surface area contributed by atoms with Crippen LogP contribution in [0.4, 0.5) is 4.39 Å². The minimum atomic E-state index is -0.514. The van der Waals surface area contributed by atoms with E-state index in [1.54, 1.807) is 7.11 Å². The number of rotatable bonds is 5. The maximum Gasteiger partial charge on any atom is 0.180 e.